The molecule has 0 saturated carbocycles. The molecular weight excluding hydrogens is 294 g/mol. The van der Waals surface area contributed by atoms with Gasteiger partial charge in [-0.2, -0.15) is 0 Å². The third-order valence-corrected chi connectivity index (χ3v) is 3.20. The van der Waals surface area contributed by atoms with Gasteiger partial charge >= 0.3 is 6.09 Å². The van der Waals surface area contributed by atoms with Crippen molar-refractivity contribution in [3.05, 3.63) is 35.4 Å². The lowest BCUT2D eigenvalue weighted by molar-refractivity contribution is -0.121. The fraction of sp³-hybridized carbons (Fsp3) is 0.556. The van der Waals surface area contributed by atoms with Gasteiger partial charge in [-0.25, -0.2) is 4.79 Å². The summed E-state index contributed by atoms with van der Waals surface area (Å²) in [5.41, 5.74) is 2.01. The second kappa shape index (κ2) is 8.67. The number of Topliss-reactive ketones (excluding diaryl/α,β-unsaturated/α-hetero) is 1. The van der Waals surface area contributed by atoms with Crippen LogP contribution in [0.4, 0.5) is 4.79 Å². The van der Waals surface area contributed by atoms with Gasteiger partial charge in [0.25, 0.3) is 0 Å². The molecule has 1 aromatic carbocycles. The minimum Gasteiger partial charge on any atom is -0.444 e. The number of ketones is 1. The van der Waals surface area contributed by atoms with E-state index in [4.69, 9.17) is 9.84 Å². The highest BCUT2D eigenvalue weighted by Crippen LogP contribution is 2.23. The first kappa shape index (κ1) is 19.2. The molecular formula is C18H27NO4. The highest BCUT2D eigenvalue weighted by Gasteiger charge is 2.27. The van der Waals surface area contributed by atoms with E-state index in [-0.39, 0.29) is 18.5 Å². The van der Waals surface area contributed by atoms with Crippen LogP contribution in [0.3, 0.4) is 0 Å². The Morgan fingerprint density at radius 2 is 1.70 bits per heavy atom. The maximum atomic E-state index is 11.8. The molecule has 0 radical (unpaired) electrons. The maximum absolute atomic E-state index is 11.8. The van der Waals surface area contributed by atoms with Crippen molar-refractivity contribution < 1.29 is 19.4 Å². The lowest BCUT2D eigenvalue weighted by Gasteiger charge is -2.24. The van der Waals surface area contributed by atoms with Crippen LogP contribution >= 0.6 is 0 Å². The number of ether oxygens (including phenoxy) is 1. The fourth-order valence-electron chi connectivity index (χ4n) is 2.15. The van der Waals surface area contributed by atoms with Crippen molar-refractivity contribution in [3.63, 3.8) is 0 Å². The largest absolute Gasteiger partial charge is 0.444 e. The Balaban J connectivity index is 0.000000322. The van der Waals surface area contributed by atoms with Crippen LogP contribution in [0.2, 0.25) is 0 Å². The van der Waals surface area contributed by atoms with E-state index in [0.717, 1.165) is 6.42 Å². The summed E-state index contributed by atoms with van der Waals surface area (Å²) in [6.45, 7) is 8.58. The van der Waals surface area contributed by atoms with Gasteiger partial charge in [0.1, 0.15) is 12.2 Å². The lowest BCUT2D eigenvalue weighted by Crippen LogP contribution is -2.33. The van der Waals surface area contributed by atoms with E-state index in [1.54, 1.807) is 4.90 Å². The van der Waals surface area contributed by atoms with Crippen LogP contribution in [0.5, 0.6) is 0 Å². The number of carbonyl (C=O) groups is 2. The van der Waals surface area contributed by atoms with E-state index in [1.165, 1.54) is 11.1 Å². The van der Waals surface area contributed by atoms with Crippen LogP contribution < -0.4 is 0 Å². The van der Waals surface area contributed by atoms with Gasteiger partial charge in [0, 0.05) is 19.5 Å². The molecule has 1 aliphatic heterocycles. The Kier molecular flexibility index (Phi) is 7.23. The van der Waals surface area contributed by atoms with Gasteiger partial charge in [0.15, 0.2) is 5.78 Å². The summed E-state index contributed by atoms with van der Waals surface area (Å²) in [5.74, 6) is -0.0671. The number of carbonyl (C=O) groups excluding carboxylic acids is 2. The van der Waals surface area contributed by atoms with Gasteiger partial charge in [-0.15, -0.1) is 0 Å². The molecule has 5 nitrogen and oxygen atoms in total. The molecule has 1 heterocycles. The second-order valence-corrected chi connectivity index (χ2v) is 6.55. The number of amides is 1. The van der Waals surface area contributed by atoms with E-state index >= 15 is 0 Å². The maximum Gasteiger partial charge on any atom is 0.410 e. The highest BCUT2D eigenvalue weighted by molar-refractivity contribution is 5.79. The average molecular weight is 321 g/mol. The molecule has 0 bridgehead atoms. The molecule has 1 amide bonds. The predicted molar refractivity (Wildman–Crippen MR) is 88.9 cm³/mol. The number of fused-ring (bicyclic) bond motifs is 1. The Morgan fingerprint density at radius 3 is 2.04 bits per heavy atom. The first-order valence-electron chi connectivity index (χ1n) is 7.94. The van der Waals surface area contributed by atoms with Crippen LogP contribution in [-0.4, -0.2) is 34.1 Å². The molecule has 2 rings (SSSR count). The minimum atomic E-state index is -0.425. The van der Waals surface area contributed by atoms with Crippen LogP contribution in [-0.2, 0) is 22.6 Å². The number of aliphatic hydroxyl groups excluding tert-OH is 1. The van der Waals surface area contributed by atoms with Crippen LogP contribution in [0, 0.1) is 0 Å². The van der Waals surface area contributed by atoms with Crippen molar-refractivity contribution >= 4 is 11.9 Å². The zero-order chi connectivity index (χ0) is 17.5. The molecule has 0 aromatic heterocycles. The SMILES string of the molecule is CC(C)(C)OC(=O)N1Cc2ccccc2C1.CCCC(=O)CO. The molecule has 0 saturated heterocycles. The second-order valence-electron chi connectivity index (χ2n) is 6.55. The van der Waals surface area contributed by atoms with Crippen LogP contribution in [0.1, 0.15) is 51.7 Å². The average Bonchev–Trinajstić information content (AvgIpc) is 2.90. The van der Waals surface area contributed by atoms with Crippen molar-refractivity contribution in [1.29, 1.82) is 0 Å². The normalized spacial score (nSPS) is 13.0. The van der Waals surface area contributed by atoms with Crippen LogP contribution in [0.15, 0.2) is 24.3 Å². The summed E-state index contributed by atoms with van der Waals surface area (Å²) in [6, 6.07) is 8.11. The lowest BCUT2D eigenvalue weighted by atomic mass is 10.1. The third-order valence-electron chi connectivity index (χ3n) is 3.20. The third kappa shape index (κ3) is 6.82. The van der Waals surface area contributed by atoms with Crippen LogP contribution in [0.25, 0.3) is 0 Å². The van der Waals surface area contributed by atoms with Crippen molar-refractivity contribution in [2.45, 2.75) is 59.2 Å². The minimum absolute atomic E-state index is 0.0671. The number of aliphatic hydroxyl groups is 1. The summed E-state index contributed by atoms with van der Waals surface area (Å²) in [6.07, 6.45) is 1.11. The number of rotatable bonds is 3. The summed E-state index contributed by atoms with van der Waals surface area (Å²) in [4.78, 5) is 23.7. The van der Waals surface area contributed by atoms with E-state index in [0.29, 0.717) is 19.5 Å². The van der Waals surface area contributed by atoms with Gasteiger partial charge in [-0.05, 0) is 38.3 Å². The Morgan fingerprint density at radius 1 is 1.17 bits per heavy atom. The molecule has 0 fully saturated rings. The summed E-state index contributed by atoms with van der Waals surface area (Å²) in [5, 5.41) is 8.12. The highest BCUT2D eigenvalue weighted by atomic mass is 16.6. The van der Waals surface area contributed by atoms with E-state index in [9.17, 15) is 9.59 Å². The number of hydrogen-bond acceptors (Lipinski definition) is 4. The van der Waals surface area contributed by atoms with Crippen molar-refractivity contribution in [3.8, 4) is 0 Å². The predicted octanol–water partition coefficient (Wildman–Crippen LogP) is 3.29. The van der Waals surface area contributed by atoms with Gasteiger partial charge < -0.3 is 9.84 Å². The van der Waals surface area contributed by atoms with Crippen molar-refractivity contribution in [1.82, 2.24) is 4.90 Å². The number of nitrogens with zero attached hydrogens (tertiary/aromatic N) is 1. The van der Waals surface area contributed by atoms with Crippen molar-refractivity contribution in [2.75, 3.05) is 6.61 Å². The zero-order valence-electron chi connectivity index (χ0n) is 14.5. The van der Waals surface area contributed by atoms with E-state index < -0.39 is 5.60 Å². The topological polar surface area (TPSA) is 66.8 Å². The summed E-state index contributed by atoms with van der Waals surface area (Å²) < 4.78 is 5.34. The van der Waals surface area contributed by atoms with Gasteiger partial charge in [0.05, 0.1) is 0 Å². The molecule has 0 atom stereocenters. The first-order chi connectivity index (χ1) is 10.8. The van der Waals surface area contributed by atoms with Gasteiger partial charge in [-0.1, -0.05) is 31.2 Å². The Hall–Kier alpha value is -1.88. The molecule has 0 unspecified atom stereocenters. The van der Waals surface area contributed by atoms with E-state index in [2.05, 4.69) is 12.1 Å². The monoisotopic (exact) mass is 321 g/mol. The van der Waals surface area contributed by atoms with Crippen molar-refractivity contribution in [2.24, 2.45) is 0 Å². The summed E-state index contributed by atoms with van der Waals surface area (Å²) >= 11 is 0. The molecule has 1 aliphatic rings. The molecule has 1 N–H and O–H groups in total. The molecule has 0 spiro atoms. The quantitative estimate of drug-likeness (QED) is 0.927. The zero-order valence-corrected chi connectivity index (χ0v) is 14.5. The molecule has 1 aromatic rings. The smallest absolute Gasteiger partial charge is 0.410 e. The molecule has 5 heteroatoms. The Bertz CT molecular complexity index is 509. The first-order valence-corrected chi connectivity index (χ1v) is 7.94. The number of hydrogen-bond donors (Lipinski definition) is 1. The van der Waals surface area contributed by atoms with Gasteiger partial charge in [0.2, 0.25) is 0 Å². The molecule has 23 heavy (non-hydrogen) atoms. The number of benzene rings is 1. The van der Waals surface area contributed by atoms with Gasteiger partial charge in [-0.3, -0.25) is 9.69 Å². The standard InChI is InChI=1S/C13H17NO2.C5H10O2/c1-13(2,3)16-12(15)14-8-10-6-4-5-7-11(10)9-14;1-2-3-5(7)4-6/h4-7H,8-9H2,1-3H3;6H,2-4H2,1H3. The van der Waals surface area contributed by atoms with E-state index in [1.807, 2.05) is 39.8 Å². The Labute approximate surface area is 138 Å². The molecule has 0 aliphatic carbocycles. The fourth-order valence-corrected chi connectivity index (χ4v) is 2.15. The summed E-state index contributed by atoms with van der Waals surface area (Å²) in [7, 11) is 0. The molecule has 128 valence electrons.